The molecular weight excluding hydrogens is 434 g/mol. The molecule has 0 amide bonds. The number of nitrogens with one attached hydrogen (secondary N) is 1. The smallest absolute Gasteiger partial charge is 0.0471 e. The highest BCUT2D eigenvalue weighted by molar-refractivity contribution is 6.08. The van der Waals surface area contributed by atoms with Crippen LogP contribution in [-0.2, 0) is 5.41 Å². The van der Waals surface area contributed by atoms with Gasteiger partial charge in [-0.05, 0) is 76.1 Å². The average Bonchev–Trinajstić information content (AvgIpc) is 3.21. The van der Waals surface area contributed by atoms with Crippen molar-refractivity contribution in [1.29, 1.82) is 0 Å². The zero-order chi connectivity index (χ0) is 24.9. The summed E-state index contributed by atoms with van der Waals surface area (Å²) >= 11 is 0. The topological polar surface area (TPSA) is 15.8 Å². The molecule has 0 bridgehead atoms. The molecule has 1 nitrogen and oxygen atoms in total. The second-order valence-corrected chi connectivity index (χ2v) is 10.2. The Morgan fingerprint density at radius 1 is 0.917 bits per heavy atom. The highest BCUT2D eigenvalue weighted by atomic mass is 14.7. The predicted octanol–water partition coefficient (Wildman–Crippen LogP) is 9.55. The summed E-state index contributed by atoms with van der Waals surface area (Å²) in [7, 11) is 0. The van der Waals surface area contributed by atoms with E-state index in [0.29, 0.717) is 0 Å². The van der Waals surface area contributed by atoms with Crippen LogP contribution >= 0.6 is 0 Å². The Bertz CT molecular complexity index is 1690. The lowest BCUT2D eigenvalue weighted by Gasteiger charge is -2.22. The molecule has 4 aromatic rings. The van der Waals surface area contributed by atoms with Crippen LogP contribution in [0.2, 0.25) is 0 Å². The third-order valence-electron chi connectivity index (χ3n) is 7.85. The molecular formula is C35H31N. The number of aromatic amines is 1. The molecule has 1 N–H and O–H groups in total. The van der Waals surface area contributed by atoms with Crippen molar-refractivity contribution in [2.45, 2.75) is 32.6 Å². The maximum atomic E-state index is 3.95. The van der Waals surface area contributed by atoms with Gasteiger partial charge < -0.3 is 4.98 Å². The molecule has 1 aromatic heterocycles. The van der Waals surface area contributed by atoms with E-state index in [4.69, 9.17) is 0 Å². The number of fused-ring (bicyclic) bond motifs is 4. The molecule has 0 saturated heterocycles. The van der Waals surface area contributed by atoms with Gasteiger partial charge in [0, 0.05) is 27.2 Å². The minimum Gasteiger partial charge on any atom is -0.354 e. The molecule has 0 atom stereocenters. The van der Waals surface area contributed by atoms with Crippen molar-refractivity contribution in [3.63, 3.8) is 0 Å². The Kier molecular flexibility index (Phi) is 5.30. The van der Waals surface area contributed by atoms with Gasteiger partial charge in [-0.3, -0.25) is 0 Å². The number of hydrogen-bond donors (Lipinski definition) is 1. The quantitative estimate of drug-likeness (QED) is 0.310. The third kappa shape index (κ3) is 3.46. The SMILES string of the molecule is C=CC=C1/C(=C\C)c2ccc(C3=CC=CC(c4ccc5c(c4)[nH]c4ccccc45)=CC3)cc2C1(C)C. The van der Waals surface area contributed by atoms with Crippen molar-refractivity contribution in [1.82, 2.24) is 4.98 Å². The Morgan fingerprint density at radius 2 is 1.72 bits per heavy atom. The van der Waals surface area contributed by atoms with E-state index in [-0.39, 0.29) is 5.41 Å². The summed E-state index contributed by atoms with van der Waals surface area (Å²) in [5, 5.41) is 2.55. The van der Waals surface area contributed by atoms with Crippen LogP contribution in [0.4, 0.5) is 0 Å². The number of hydrogen-bond acceptors (Lipinski definition) is 0. The van der Waals surface area contributed by atoms with Gasteiger partial charge in [-0.2, -0.15) is 0 Å². The van der Waals surface area contributed by atoms with Crippen molar-refractivity contribution >= 4 is 38.5 Å². The number of H-pyrrole nitrogens is 1. The minimum absolute atomic E-state index is 0.0432. The normalized spacial score (nSPS) is 19.0. The number of allylic oxidation sites excluding steroid dienone is 11. The van der Waals surface area contributed by atoms with E-state index in [1.165, 1.54) is 66.4 Å². The van der Waals surface area contributed by atoms with Gasteiger partial charge in [-0.25, -0.2) is 0 Å². The summed E-state index contributed by atoms with van der Waals surface area (Å²) in [6.45, 7) is 10.7. The lowest BCUT2D eigenvalue weighted by Crippen LogP contribution is -2.15. The number of benzene rings is 3. The van der Waals surface area contributed by atoms with Crippen molar-refractivity contribution < 1.29 is 0 Å². The van der Waals surface area contributed by atoms with Crippen LogP contribution < -0.4 is 0 Å². The fourth-order valence-corrected chi connectivity index (χ4v) is 5.94. The molecule has 0 fully saturated rings. The minimum atomic E-state index is -0.0432. The number of aromatic nitrogens is 1. The van der Waals surface area contributed by atoms with E-state index in [2.05, 4.69) is 129 Å². The highest BCUT2D eigenvalue weighted by Gasteiger charge is 2.37. The van der Waals surface area contributed by atoms with E-state index in [1.54, 1.807) is 0 Å². The molecule has 0 saturated carbocycles. The summed E-state index contributed by atoms with van der Waals surface area (Å²) in [4.78, 5) is 3.58. The maximum Gasteiger partial charge on any atom is 0.0471 e. The molecule has 0 unspecified atom stereocenters. The Hall–Kier alpha value is -4.10. The van der Waals surface area contributed by atoms with Crippen LogP contribution in [0.25, 0.3) is 38.5 Å². The van der Waals surface area contributed by atoms with E-state index < -0.39 is 0 Å². The summed E-state index contributed by atoms with van der Waals surface area (Å²) in [6, 6.07) is 22.3. The zero-order valence-electron chi connectivity index (χ0n) is 21.2. The predicted molar refractivity (Wildman–Crippen MR) is 157 cm³/mol. The third-order valence-corrected chi connectivity index (χ3v) is 7.85. The lowest BCUT2D eigenvalue weighted by atomic mass is 9.81. The number of rotatable bonds is 3. The first-order valence-corrected chi connectivity index (χ1v) is 12.7. The van der Waals surface area contributed by atoms with Crippen LogP contribution in [0.5, 0.6) is 0 Å². The largest absolute Gasteiger partial charge is 0.354 e. The van der Waals surface area contributed by atoms with E-state index in [0.717, 1.165) is 6.42 Å². The first kappa shape index (κ1) is 22.4. The number of para-hydroxylation sites is 1. The Morgan fingerprint density at radius 3 is 2.56 bits per heavy atom. The maximum absolute atomic E-state index is 3.95. The van der Waals surface area contributed by atoms with Crippen LogP contribution in [0.3, 0.4) is 0 Å². The zero-order valence-corrected chi connectivity index (χ0v) is 21.2. The first-order chi connectivity index (χ1) is 17.5. The van der Waals surface area contributed by atoms with Gasteiger partial charge in [0.05, 0.1) is 0 Å². The van der Waals surface area contributed by atoms with Crippen molar-refractivity contribution in [3.8, 4) is 0 Å². The van der Waals surface area contributed by atoms with Crippen LogP contribution in [-0.4, -0.2) is 4.98 Å². The van der Waals surface area contributed by atoms with Crippen LogP contribution in [0.1, 0.15) is 49.4 Å². The molecule has 2 aliphatic carbocycles. The average molecular weight is 466 g/mol. The van der Waals surface area contributed by atoms with E-state index in [9.17, 15) is 0 Å². The Balaban J connectivity index is 1.33. The fraction of sp³-hybridized carbons (Fsp3) is 0.143. The molecule has 1 heterocycles. The molecule has 0 radical (unpaired) electrons. The standard InChI is InChI=1S/C35H31N/c1-5-10-31-27(6-2)28-19-17-25(21-32(28)35(31,3)4)23-11-9-12-24(16-15-23)26-18-20-30-29-13-7-8-14-33(29)36-34(30)22-26/h5-14,16-22,36H,1,15H2,2-4H3/b27-6-,31-10?. The second kappa shape index (κ2) is 8.53. The van der Waals surface area contributed by atoms with E-state index >= 15 is 0 Å². The van der Waals surface area contributed by atoms with Gasteiger partial charge in [-0.1, -0.05) is 105 Å². The monoisotopic (exact) mass is 465 g/mol. The van der Waals surface area contributed by atoms with Gasteiger partial charge in [0.25, 0.3) is 0 Å². The van der Waals surface area contributed by atoms with Gasteiger partial charge in [0.2, 0.25) is 0 Å². The van der Waals surface area contributed by atoms with Crippen molar-refractivity contribution in [3.05, 3.63) is 138 Å². The molecule has 36 heavy (non-hydrogen) atoms. The molecule has 176 valence electrons. The van der Waals surface area contributed by atoms with Crippen LogP contribution in [0.15, 0.2) is 115 Å². The molecule has 2 aliphatic rings. The fourth-order valence-electron chi connectivity index (χ4n) is 5.94. The van der Waals surface area contributed by atoms with Crippen LogP contribution in [0, 0.1) is 0 Å². The van der Waals surface area contributed by atoms with Crippen molar-refractivity contribution in [2.75, 3.05) is 0 Å². The van der Waals surface area contributed by atoms with Gasteiger partial charge in [-0.15, -0.1) is 0 Å². The Labute approximate surface area is 213 Å². The molecule has 3 aromatic carbocycles. The van der Waals surface area contributed by atoms with Crippen molar-refractivity contribution in [2.24, 2.45) is 0 Å². The summed E-state index contributed by atoms with van der Waals surface area (Å²) < 4.78 is 0. The highest BCUT2D eigenvalue weighted by Crippen LogP contribution is 2.50. The first-order valence-electron chi connectivity index (χ1n) is 12.7. The molecule has 0 spiro atoms. The van der Waals surface area contributed by atoms with Gasteiger partial charge in [0.1, 0.15) is 0 Å². The van der Waals surface area contributed by atoms with Gasteiger partial charge in [0.15, 0.2) is 0 Å². The summed E-state index contributed by atoms with van der Waals surface area (Å²) in [6.07, 6.45) is 16.3. The second-order valence-electron chi connectivity index (χ2n) is 10.2. The molecule has 1 heteroatoms. The summed E-state index contributed by atoms with van der Waals surface area (Å²) in [5.74, 6) is 0. The molecule has 0 aliphatic heterocycles. The lowest BCUT2D eigenvalue weighted by molar-refractivity contribution is 0.660. The van der Waals surface area contributed by atoms with Gasteiger partial charge >= 0.3 is 0 Å². The van der Waals surface area contributed by atoms with E-state index in [1.807, 2.05) is 6.08 Å². The summed E-state index contributed by atoms with van der Waals surface area (Å²) in [5.41, 5.74) is 12.9. The molecule has 6 rings (SSSR count).